The van der Waals surface area contributed by atoms with Gasteiger partial charge < -0.3 is 16.4 Å². The Labute approximate surface area is 121 Å². The summed E-state index contributed by atoms with van der Waals surface area (Å²) in [6.07, 6.45) is 1.55. The lowest BCUT2D eigenvalue weighted by Crippen LogP contribution is -2.17. The van der Waals surface area contributed by atoms with E-state index in [1.165, 1.54) is 12.3 Å². The second-order valence-electron chi connectivity index (χ2n) is 3.72. The summed E-state index contributed by atoms with van der Waals surface area (Å²) in [7, 11) is 0. The SMILES string of the molecule is N#CCCN/C=C(/C#N)C(=O)Nc1ccc(N)c(Cl)c1. The minimum Gasteiger partial charge on any atom is -0.398 e. The van der Waals surface area contributed by atoms with Crippen molar-refractivity contribution in [3.63, 3.8) is 0 Å². The number of carbonyl (C=O) groups is 1. The monoisotopic (exact) mass is 289 g/mol. The lowest BCUT2D eigenvalue weighted by Gasteiger charge is -2.06. The van der Waals surface area contributed by atoms with Gasteiger partial charge in [0.1, 0.15) is 11.6 Å². The van der Waals surface area contributed by atoms with E-state index in [2.05, 4.69) is 10.6 Å². The Bertz CT molecular complexity index is 612. The maximum atomic E-state index is 11.8. The normalized spacial score (nSPS) is 10.2. The van der Waals surface area contributed by atoms with Gasteiger partial charge in [-0.3, -0.25) is 4.79 Å². The van der Waals surface area contributed by atoms with E-state index in [1.807, 2.05) is 6.07 Å². The van der Waals surface area contributed by atoms with E-state index in [1.54, 1.807) is 18.2 Å². The summed E-state index contributed by atoms with van der Waals surface area (Å²) in [4.78, 5) is 11.8. The van der Waals surface area contributed by atoms with Gasteiger partial charge in [-0.25, -0.2) is 0 Å². The lowest BCUT2D eigenvalue weighted by molar-refractivity contribution is -0.112. The highest BCUT2D eigenvalue weighted by atomic mass is 35.5. The summed E-state index contributed by atoms with van der Waals surface area (Å²) >= 11 is 5.83. The smallest absolute Gasteiger partial charge is 0.267 e. The number of benzene rings is 1. The van der Waals surface area contributed by atoms with E-state index < -0.39 is 5.91 Å². The fourth-order valence-corrected chi connectivity index (χ4v) is 1.43. The summed E-state index contributed by atoms with van der Waals surface area (Å²) in [5, 5.41) is 22.8. The van der Waals surface area contributed by atoms with Gasteiger partial charge in [-0.2, -0.15) is 10.5 Å². The molecule has 1 amide bonds. The number of carbonyl (C=O) groups excluding carboxylic acids is 1. The number of nitrogens with two attached hydrogens (primary N) is 1. The van der Waals surface area contributed by atoms with E-state index in [4.69, 9.17) is 27.9 Å². The number of anilines is 2. The molecule has 1 aromatic rings. The highest BCUT2D eigenvalue weighted by Gasteiger charge is 2.09. The Morgan fingerprint density at radius 2 is 2.20 bits per heavy atom. The van der Waals surface area contributed by atoms with E-state index in [-0.39, 0.29) is 12.0 Å². The standard InChI is InChI=1S/C13H12ClN5O/c14-11-6-10(2-3-12(11)17)19-13(20)9(7-16)8-18-5-1-4-15/h2-3,6,8,18H,1,5,17H2,(H,19,20)/b9-8-. The third-order valence-corrected chi connectivity index (χ3v) is 2.58. The number of rotatable bonds is 5. The summed E-state index contributed by atoms with van der Waals surface area (Å²) in [5.41, 5.74) is 6.29. The molecular weight excluding hydrogens is 278 g/mol. The van der Waals surface area contributed by atoms with Gasteiger partial charge in [0.15, 0.2) is 0 Å². The van der Waals surface area contributed by atoms with Crippen LogP contribution in [0.1, 0.15) is 6.42 Å². The van der Waals surface area contributed by atoms with Crippen molar-refractivity contribution in [2.24, 2.45) is 0 Å². The van der Waals surface area contributed by atoms with Crippen LogP contribution in [0.4, 0.5) is 11.4 Å². The summed E-state index contributed by atoms with van der Waals surface area (Å²) in [6.45, 7) is 0.364. The van der Waals surface area contributed by atoms with Crippen molar-refractivity contribution in [3.8, 4) is 12.1 Å². The molecule has 0 aliphatic heterocycles. The molecule has 0 aliphatic rings. The van der Waals surface area contributed by atoms with Gasteiger partial charge in [-0.15, -0.1) is 0 Å². The molecule has 0 aliphatic carbocycles. The van der Waals surface area contributed by atoms with E-state index >= 15 is 0 Å². The zero-order chi connectivity index (χ0) is 15.0. The van der Waals surface area contributed by atoms with Crippen LogP contribution >= 0.6 is 11.6 Å². The molecule has 102 valence electrons. The molecule has 7 heteroatoms. The van der Waals surface area contributed by atoms with E-state index in [9.17, 15) is 4.79 Å². The van der Waals surface area contributed by atoms with E-state index in [0.29, 0.717) is 22.9 Å². The summed E-state index contributed by atoms with van der Waals surface area (Å²) in [6, 6.07) is 8.34. The molecule has 0 bridgehead atoms. The maximum absolute atomic E-state index is 11.8. The topological polar surface area (TPSA) is 115 Å². The molecule has 0 atom stereocenters. The minimum absolute atomic E-state index is 0.101. The van der Waals surface area contributed by atoms with Gasteiger partial charge in [0.25, 0.3) is 5.91 Å². The van der Waals surface area contributed by atoms with Gasteiger partial charge in [-0.1, -0.05) is 11.6 Å². The molecule has 0 unspecified atom stereocenters. The molecule has 4 N–H and O–H groups in total. The fraction of sp³-hybridized carbons (Fsp3) is 0.154. The Morgan fingerprint density at radius 1 is 1.45 bits per heavy atom. The lowest BCUT2D eigenvalue weighted by atomic mass is 10.2. The molecule has 1 rings (SSSR count). The molecule has 0 heterocycles. The predicted molar refractivity (Wildman–Crippen MR) is 76.4 cm³/mol. The van der Waals surface area contributed by atoms with Crippen LogP contribution in [-0.4, -0.2) is 12.5 Å². The van der Waals surface area contributed by atoms with Crippen molar-refractivity contribution in [3.05, 3.63) is 35.0 Å². The quantitative estimate of drug-likeness (QED) is 0.331. The Hall–Kier alpha value is -2.70. The Kier molecular flexibility index (Phi) is 5.89. The highest BCUT2D eigenvalue weighted by molar-refractivity contribution is 6.33. The van der Waals surface area contributed by atoms with Crippen LogP contribution < -0.4 is 16.4 Å². The Morgan fingerprint density at radius 3 is 2.80 bits per heavy atom. The number of nitrogens with zero attached hydrogens (tertiary/aromatic N) is 2. The van der Waals surface area contributed by atoms with Crippen molar-refractivity contribution in [2.45, 2.75) is 6.42 Å². The van der Waals surface area contributed by atoms with Gasteiger partial charge in [0, 0.05) is 18.4 Å². The second kappa shape index (κ2) is 7.67. The minimum atomic E-state index is -0.571. The third-order valence-electron chi connectivity index (χ3n) is 2.25. The van der Waals surface area contributed by atoms with E-state index in [0.717, 1.165) is 0 Å². The first kappa shape index (κ1) is 15.4. The number of nitrogens with one attached hydrogen (secondary N) is 2. The van der Waals surface area contributed by atoms with Crippen molar-refractivity contribution < 1.29 is 4.79 Å². The van der Waals surface area contributed by atoms with Gasteiger partial charge in [0.2, 0.25) is 0 Å². The summed E-state index contributed by atoms with van der Waals surface area (Å²) < 4.78 is 0. The molecule has 0 radical (unpaired) electrons. The van der Waals surface area contributed by atoms with Crippen LogP contribution in [0.25, 0.3) is 0 Å². The van der Waals surface area contributed by atoms with Gasteiger partial charge in [-0.05, 0) is 18.2 Å². The first-order valence-corrected chi connectivity index (χ1v) is 6.03. The largest absolute Gasteiger partial charge is 0.398 e. The number of hydrogen-bond acceptors (Lipinski definition) is 5. The molecule has 20 heavy (non-hydrogen) atoms. The van der Waals surface area contributed by atoms with Gasteiger partial charge in [0.05, 0.1) is 23.2 Å². The molecule has 1 aromatic carbocycles. The van der Waals surface area contributed by atoms with Crippen LogP contribution in [0, 0.1) is 22.7 Å². The molecule has 0 aromatic heterocycles. The van der Waals surface area contributed by atoms with Crippen LogP contribution in [0.5, 0.6) is 0 Å². The first-order chi connectivity index (χ1) is 9.58. The fourth-order valence-electron chi connectivity index (χ4n) is 1.25. The van der Waals surface area contributed by atoms with Crippen molar-refractivity contribution in [1.82, 2.24) is 5.32 Å². The van der Waals surface area contributed by atoms with Crippen LogP contribution in [0.15, 0.2) is 30.0 Å². The van der Waals surface area contributed by atoms with Gasteiger partial charge >= 0.3 is 0 Å². The van der Waals surface area contributed by atoms with Crippen LogP contribution in [-0.2, 0) is 4.79 Å². The average Bonchev–Trinajstić information content (AvgIpc) is 2.43. The Balaban J connectivity index is 2.70. The van der Waals surface area contributed by atoms with Crippen LogP contribution in [0.2, 0.25) is 5.02 Å². The zero-order valence-corrected chi connectivity index (χ0v) is 11.2. The summed E-state index contributed by atoms with van der Waals surface area (Å²) in [5.74, 6) is -0.571. The molecule has 0 spiro atoms. The first-order valence-electron chi connectivity index (χ1n) is 5.65. The maximum Gasteiger partial charge on any atom is 0.267 e. The molecule has 0 saturated heterocycles. The predicted octanol–water partition coefficient (Wildman–Crippen LogP) is 1.77. The van der Waals surface area contributed by atoms with Crippen LogP contribution in [0.3, 0.4) is 0 Å². The highest BCUT2D eigenvalue weighted by Crippen LogP contribution is 2.22. The zero-order valence-electron chi connectivity index (χ0n) is 10.5. The van der Waals surface area contributed by atoms with Crippen molar-refractivity contribution >= 4 is 28.9 Å². The second-order valence-corrected chi connectivity index (χ2v) is 4.13. The molecular formula is C13H12ClN5O. The third kappa shape index (κ3) is 4.52. The number of nitrogen functional groups attached to an aromatic ring is 1. The molecule has 0 saturated carbocycles. The number of hydrogen-bond donors (Lipinski definition) is 3. The van der Waals surface area contributed by atoms with Crippen molar-refractivity contribution in [2.75, 3.05) is 17.6 Å². The molecule has 6 nitrogen and oxygen atoms in total. The number of nitriles is 2. The number of amides is 1. The molecule has 0 fully saturated rings. The number of halogens is 1. The van der Waals surface area contributed by atoms with Crippen molar-refractivity contribution in [1.29, 1.82) is 10.5 Å². The average molecular weight is 290 g/mol.